The van der Waals surface area contributed by atoms with Gasteiger partial charge in [0.25, 0.3) is 5.91 Å². The van der Waals surface area contributed by atoms with Crippen molar-refractivity contribution >= 4 is 34.4 Å². The van der Waals surface area contributed by atoms with Crippen molar-refractivity contribution in [3.63, 3.8) is 0 Å². The fraction of sp³-hybridized carbons (Fsp3) is 0.310. The summed E-state index contributed by atoms with van der Waals surface area (Å²) in [6.45, 7) is -0.145. The lowest BCUT2D eigenvalue weighted by molar-refractivity contribution is 0.0683. The number of halogens is 2. The number of nitrogens with one attached hydrogen (secondary N) is 1. The van der Waals surface area contributed by atoms with Crippen LogP contribution in [0.4, 0.5) is 14.5 Å². The zero-order chi connectivity index (χ0) is 29.4. The van der Waals surface area contributed by atoms with E-state index in [-0.39, 0.29) is 46.1 Å². The third-order valence-corrected chi connectivity index (χ3v) is 7.37. The maximum Gasteiger partial charge on any atom is 0.341 e. The minimum Gasteiger partial charge on any atom is -0.492 e. The van der Waals surface area contributed by atoms with Gasteiger partial charge in [0.05, 0.1) is 35.7 Å². The van der Waals surface area contributed by atoms with Crippen molar-refractivity contribution in [2.24, 2.45) is 0 Å². The zero-order valence-corrected chi connectivity index (χ0v) is 22.1. The lowest BCUT2D eigenvalue weighted by Crippen LogP contribution is -2.34. The number of hydrogen-bond donors (Lipinski definition) is 3. The van der Waals surface area contributed by atoms with Crippen molar-refractivity contribution in [2.75, 3.05) is 31.6 Å². The number of benzene rings is 2. The quantitative estimate of drug-likeness (QED) is 0.369. The van der Waals surface area contributed by atoms with Gasteiger partial charge < -0.3 is 29.7 Å². The number of fused-ring (bicyclic) bond motifs is 1. The molecule has 214 valence electrons. The van der Waals surface area contributed by atoms with Crippen molar-refractivity contribution < 1.29 is 38.1 Å². The van der Waals surface area contributed by atoms with E-state index in [1.807, 2.05) is 0 Å². The average Bonchev–Trinajstić information content (AvgIpc) is 3.81. The molecule has 1 saturated heterocycles. The molecule has 3 N–H and O–H groups in total. The first kappa shape index (κ1) is 27.8. The summed E-state index contributed by atoms with van der Waals surface area (Å²) in [6, 6.07) is 6.55. The van der Waals surface area contributed by atoms with Crippen LogP contribution in [0.25, 0.3) is 10.9 Å². The number of carboxylic acids is 2. The SMILES string of the molecule is COc1c(N2CCC/C(=C(\F)CNC(=O)c3ccccc3C(=O)O)C2)c(F)cc2c(=O)c(C(=O)O)cn(C3CC3)c12. The minimum atomic E-state index is -1.41. The number of amides is 1. The number of piperidine rings is 1. The Morgan fingerprint density at radius 1 is 1.10 bits per heavy atom. The lowest BCUT2D eigenvalue weighted by Gasteiger charge is -2.33. The molecular weight excluding hydrogens is 540 g/mol. The van der Waals surface area contributed by atoms with E-state index in [9.17, 15) is 29.4 Å². The van der Waals surface area contributed by atoms with Crippen molar-refractivity contribution in [3.8, 4) is 5.75 Å². The number of carboxylic acid groups (broad SMARTS) is 2. The van der Waals surface area contributed by atoms with Crippen molar-refractivity contribution in [1.82, 2.24) is 9.88 Å². The highest BCUT2D eigenvalue weighted by molar-refractivity contribution is 6.04. The number of ether oxygens (including phenoxy) is 1. The van der Waals surface area contributed by atoms with Gasteiger partial charge in [0.15, 0.2) is 11.6 Å². The Kier molecular flexibility index (Phi) is 7.48. The van der Waals surface area contributed by atoms with E-state index in [4.69, 9.17) is 4.74 Å². The molecule has 5 rings (SSSR count). The predicted molar refractivity (Wildman–Crippen MR) is 145 cm³/mol. The maximum atomic E-state index is 15.7. The molecule has 0 atom stereocenters. The van der Waals surface area contributed by atoms with Gasteiger partial charge in [-0.05, 0) is 49.5 Å². The van der Waals surface area contributed by atoms with E-state index in [2.05, 4.69) is 5.32 Å². The molecule has 2 heterocycles. The Morgan fingerprint density at radius 3 is 2.41 bits per heavy atom. The van der Waals surface area contributed by atoms with Crippen LogP contribution in [0.5, 0.6) is 5.75 Å². The number of anilines is 1. The van der Waals surface area contributed by atoms with Crippen LogP contribution in [0.3, 0.4) is 0 Å². The van der Waals surface area contributed by atoms with E-state index < -0.39 is 47.0 Å². The van der Waals surface area contributed by atoms with E-state index in [0.29, 0.717) is 25.0 Å². The molecule has 1 saturated carbocycles. The van der Waals surface area contributed by atoms with Gasteiger partial charge in [-0.25, -0.2) is 18.4 Å². The molecule has 0 bridgehead atoms. The van der Waals surface area contributed by atoms with Crippen LogP contribution in [0.15, 0.2) is 52.7 Å². The van der Waals surface area contributed by atoms with Crippen LogP contribution < -0.4 is 20.4 Å². The fourth-order valence-corrected chi connectivity index (χ4v) is 5.25. The number of nitrogens with zero attached hydrogens (tertiary/aromatic N) is 2. The number of aromatic nitrogens is 1. The molecule has 12 heteroatoms. The molecule has 2 aliphatic rings. The number of methoxy groups -OCH3 is 1. The van der Waals surface area contributed by atoms with Crippen LogP contribution in [0.1, 0.15) is 62.8 Å². The molecule has 10 nitrogen and oxygen atoms in total. The molecule has 1 aliphatic heterocycles. The normalized spacial score (nSPS) is 16.4. The Labute approximate surface area is 232 Å². The van der Waals surface area contributed by atoms with Crippen LogP contribution in [-0.2, 0) is 0 Å². The first-order valence-corrected chi connectivity index (χ1v) is 13.0. The third-order valence-electron chi connectivity index (χ3n) is 7.37. The highest BCUT2D eigenvalue weighted by atomic mass is 19.1. The van der Waals surface area contributed by atoms with Crippen LogP contribution in [0.2, 0.25) is 0 Å². The number of carbonyl (C=O) groups is 3. The molecule has 3 aromatic rings. The first-order valence-electron chi connectivity index (χ1n) is 13.0. The molecule has 0 spiro atoms. The molecular formula is C29H27F2N3O7. The number of rotatable bonds is 8. The summed E-state index contributed by atoms with van der Waals surface area (Å²) in [7, 11) is 1.33. The molecule has 2 aromatic carbocycles. The Morgan fingerprint density at radius 2 is 1.78 bits per heavy atom. The van der Waals surface area contributed by atoms with Gasteiger partial charge in [-0.1, -0.05) is 12.1 Å². The van der Waals surface area contributed by atoms with Crippen LogP contribution in [0, 0.1) is 5.82 Å². The summed E-state index contributed by atoms with van der Waals surface area (Å²) in [5.74, 6) is -4.81. The Balaban J connectivity index is 1.47. The number of carbonyl (C=O) groups excluding carboxylic acids is 1. The second kappa shape index (κ2) is 11.0. The van der Waals surface area contributed by atoms with Gasteiger partial charge in [-0.15, -0.1) is 0 Å². The van der Waals surface area contributed by atoms with E-state index in [1.165, 1.54) is 37.6 Å². The van der Waals surface area contributed by atoms with E-state index >= 15 is 8.78 Å². The number of aromatic carboxylic acids is 2. The highest BCUT2D eigenvalue weighted by Crippen LogP contribution is 2.44. The van der Waals surface area contributed by atoms with Gasteiger partial charge in [-0.2, -0.15) is 0 Å². The molecule has 1 amide bonds. The topological polar surface area (TPSA) is 138 Å². The summed E-state index contributed by atoms with van der Waals surface area (Å²) in [5.41, 5.74) is -0.954. The molecule has 0 unspecified atom stereocenters. The Hall–Kier alpha value is -4.74. The monoisotopic (exact) mass is 567 g/mol. The standard InChI is InChI=1S/C29H27F2N3O7/c1-41-26-23-19(25(35)20(29(39)40)14-34(23)16-8-9-16)11-21(30)24(26)33-10-4-5-15(13-33)22(31)12-32-27(36)17-6-2-3-7-18(17)28(37)38/h2-3,6-7,11,14,16H,4-5,8-10,12-13H2,1H3,(H,32,36)(H,37,38)(H,39,40)/b22-15+. The van der Waals surface area contributed by atoms with Crippen molar-refractivity contribution in [1.29, 1.82) is 0 Å². The Bertz CT molecular complexity index is 1680. The van der Waals surface area contributed by atoms with Gasteiger partial charge in [-0.3, -0.25) is 9.59 Å². The zero-order valence-electron chi connectivity index (χ0n) is 22.1. The number of hydrogen-bond acceptors (Lipinski definition) is 6. The van der Waals surface area contributed by atoms with Crippen molar-refractivity contribution in [2.45, 2.75) is 31.7 Å². The van der Waals surface area contributed by atoms with Gasteiger partial charge in [0.2, 0.25) is 5.43 Å². The highest BCUT2D eigenvalue weighted by Gasteiger charge is 2.32. The van der Waals surface area contributed by atoms with Gasteiger partial charge >= 0.3 is 11.9 Å². The summed E-state index contributed by atoms with van der Waals surface area (Å²) in [4.78, 5) is 50.2. The van der Waals surface area contributed by atoms with E-state index in [1.54, 1.807) is 9.47 Å². The summed E-state index contributed by atoms with van der Waals surface area (Å²) in [6.07, 6.45) is 3.61. The smallest absolute Gasteiger partial charge is 0.341 e. The maximum absolute atomic E-state index is 15.7. The second-order valence-corrected chi connectivity index (χ2v) is 10.0. The molecule has 0 radical (unpaired) electrons. The largest absolute Gasteiger partial charge is 0.492 e. The predicted octanol–water partition coefficient (Wildman–Crippen LogP) is 4.13. The van der Waals surface area contributed by atoms with Gasteiger partial charge in [0, 0.05) is 25.3 Å². The summed E-state index contributed by atoms with van der Waals surface area (Å²) in [5, 5.41) is 21.1. The first-order chi connectivity index (χ1) is 19.6. The average molecular weight is 568 g/mol. The fourth-order valence-electron chi connectivity index (χ4n) is 5.25. The minimum absolute atomic E-state index is 0.0208. The molecule has 41 heavy (non-hydrogen) atoms. The van der Waals surface area contributed by atoms with Gasteiger partial charge in [0.1, 0.15) is 17.1 Å². The molecule has 1 aliphatic carbocycles. The van der Waals surface area contributed by atoms with Crippen molar-refractivity contribution in [3.05, 3.63) is 80.7 Å². The van der Waals surface area contributed by atoms with E-state index in [0.717, 1.165) is 18.9 Å². The summed E-state index contributed by atoms with van der Waals surface area (Å²) < 4.78 is 38.2. The second-order valence-electron chi connectivity index (χ2n) is 10.0. The summed E-state index contributed by atoms with van der Waals surface area (Å²) >= 11 is 0. The lowest BCUT2D eigenvalue weighted by atomic mass is 10.0. The number of pyridine rings is 1. The van der Waals surface area contributed by atoms with Crippen LogP contribution >= 0.6 is 0 Å². The third kappa shape index (κ3) is 5.24. The molecule has 2 fully saturated rings. The van der Waals surface area contributed by atoms with Crippen LogP contribution in [-0.4, -0.2) is 59.4 Å². The molecule has 1 aromatic heterocycles.